The monoisotopic (exact) mass is 364 g/mol. The summed E-state index contributed by atoms with van der Waals surface area (Å²) < 4.78 is 11.4. The number of ether oxygens (including phenoxy) is 2. The molecule has 27 heavy (non-hydrogen) atoms. The minimum atomic E-state index is 0.0857. The van der Waals surface area contributed by atoms with Gasteiger partial charge in [-0.2, -0.15) is 0 Å². The Balaban J connectivity index is 1.54. The van der Waals surface area contributed by atoms with E-state index in [1.165, 1.54) is 6.42 Å². The largest absolute Gasteiger partial charge is 0.486 e. The highest BCUT2D eigenvalue weighted by atomic mass is 16.6. The van der Waals surface area contributed by atoms with Gasteiger partial charge in [0.1, 0.15) is 13.2 Å². The van der Waals surface area contributed by atoms with E-state index in [0.29, 0.717) is 31.6 Å². The molecule has 0 bridgehead atoms. The predicted molar refractivity (Wildman–Crippen MR) is 103 cm³/mol. The van der Waals surface area contributed by atoms with Crippen molar-refractivity contribution in [3.63, 3.8) is 0 Å². The van der Waals surface area contributed by atoms with Gasteiger partial charge in [0.15, 0.2) is 11.5 Å². The lowest BCUT2D eigenvalue weighted by molar-refractivity contribution is 0.0713. The third-order valence-corrected chi connectivity index (χ3v) is 6.06. The van der Waals surface area contributed by atoms with Crippen molar-refractivity contribution in [2.24, 2.45) is 17.6 Å². The zero-order valence-electron chi connectivity index (χ0n) is 15.5. The molecular weight excluding hydrogens is 340 g/mol. The van der Waals surface area contributed by atoms with Gasteiger partial charge in [-0.05, 0) is 54.5 Å². The van der Waals surface area contributed by atoms with Crippen LogP contribution in [0.5, 0.6) is 11.5 Å². The first-order valence-electron chi connectivity index (χ1n) is 9.67. The van der Waals surface area contributed by atoms with E-state index in [0.717, 1.165) is 40.3 Å². The molecule has 0 aromatic heterocycles. The van der Waals surface area contributed by atoms with Crippen LogP contribution in [0.2, 0.25) is 0 Å². The van der Waals surface area contributed by atoms with Crippen LogP contribution >= 0.6 is 0 Å². The van der Waals surface area contributed by atoms with E-state index in [2.05, 4.69) is 6.07 Å². The highest BCUT2D eigenvalue weighted by Crippen LogP contribution is 2.49. The van der Waals surface area contributed by atoms with Gasteiger partial charge in [0.2, 0.25) is 0 Å². The molecule has 5 heteroatoms. The number of carbonyl (C=O) groups is 1. The first kappa shape index (κ1) is 16.6. The maximum absolute atomic E-state index is 13.4. The lowest BCUT2D eigenvalue weighted by atomic mass is 9.96. The molecule has 0 spiro atoms. The number of rotatable bonds is 3. The van der Waals surface area contributed by atoms with Gasteiger partial charge in [-0.15, -0.1) is 0 Å². The molecular formula is C22H24N2O3. The van der Waals surface area contributed by atoms with Gasteiger partial charge in [0, 0.05) is 24.7 Å². The number of amides is 1. The quantitative estimate of drug-likeness (QED) is 0.910. The molecule has 3 atom stereocenters. The average molecular weight is 364 g/mol. The molecule has 2 aliphatic heterocycles. The summed E-state index contributed by atoms with van der Waals surface area (Å²) in [5, 5.41) is 0. The van der Waals surface area contributed by atoms with Gasteiger partial charge in [0.05, 0.1) is 0 Å². The molecule has 1 aliphatic carbocycles. The van der Waals surface area contributed by atoms with E-state index in [4.69, 9.17) is 15.2 Å². The lowest BCUT2D eigenvalue weighted by Gasteiger charge is -2.27. The number of nitrogens with two attached hydrogens (primary N) is 1. The predicted octanol–water partition coefficient (Wildman–Crippen LogP) is 2.85. The summed E-state index contributed by atoms with van der Waals surface area (Å²) in [6.45, 7) is 4.53. The van der Waals surface area contributed by atoms with Gasteiger partial charge in [0.25, 0.3) is 5.91 Å². The van der Waals surface area contributed by atoms with Crippen molar-refractivity contribution in [1.29, 1.82) is 0 Å². The van der Waals surface area contributed by atoms with Crippen molar-refractivity contribution in [1.82, 2.24) is 4.90 Å². The average Bonchev–Trinajstić information content (AvgIpc) is 3.37. The summed E-state index contributed by atoms with van der Waals surface area (Å²) in [7, 11) is 0. The number of likely N-dealkylation sites (tertiary alicyclic amines) is 1. The molecule has 5 rings (SSSR count). The van der Waals surface area contributed by atoms with Crippen LogP contribution in [-0.2, 0) is 0 Å². The van der Waals surface area contributed by atoms with Gasteiger partial charge < -0.3 is 20.1 Å². The van der Waals surface area contributed by atoms with Crippen LogP contribution in [0.4, 0.5) is 0 Å². The molecule has 1 saturated heterocycles. The van der Waals surface area contributed by atoms with Crippen molar-refractivity contribution >= 4 is 5.91 Å². The smallest absolute Gasteiger partial charge is 0.254 e. The third kappa shape index (κ3) is 2.77. The zero-order chi connectivity index (χ0) is 18.5. The summed E-state index contributed by atoms with van der Waals surface area (Å²) >= 11 is 0. The van der Waals surface area contributed by atoms with E-state index in [9.17, 15) is 4.79 Å². The molecule has 1 amide bonds. The van der Waals surface area contributed by atoms with Gasteiger partial charge >= 0.3 is 0 Å². The number of carbonyl (C=O) groups excluding carboxylic acids is 1. The molecule has 1 saturated carbocycles. The Morgan fingerprint density at radius 2 is 1.96 bits per heavy atom. The highest BCUT2D eigenvalue weighted by molar-refractivity contribution is 6.01. The maximum Gasteiger partial charge on any atom is 0.254 e. The van der Waals surface area contributed by atoms with E-state index in [1.54, 1.807) is 0 Å². The normalized spacial score (nSPS) is 25.3. The SMILES string of the molecule is Cc1ccc(C(=O)N2C[C@H]3C[C@H]3[C@H]2CN)c(-c2ccc3c(c2)OCCO3)c1. The van der Waals surface area contributed by atoms with E-state index < -0.39 is 0 Å². The number of aryl methyl sites for hydroxylation is 1. The van der Waals surface area contributed by atoms with Crippen LogP contribution in [0, 0.1) is 18.8 Å². The zero-order valence-corrected chi connectivity index (χ0v) is 15.5. The highest BCUT2D eigenvalue weighted by Gasteiger charge is 2.53. The maximum atomic E-state index is 13.4. The summed E-state index contributed by atoms with van der Waals surface area (Å²) in [5.41, 5.74) is 9.75. The molecule has 0 unspecified atom stereocenters. The van der Waals surface area contributed by atoms with Crippen LogP contribution in [0.1, 0.15) is 22.3 Å². The second kappa shape index (κ2) is 6.27. The molecule has 2 heterocycles. The Kier molecular flexibility index (Phi) is 3.86. The second-order valence-electron chi connectivity index (χ2n) is 7.83. The van der Waals surface area contributed by atoms with Crippen LogP contribution in [0.3, 0.4) is 0 Å². The molecule has 5 nitrogen and oxygen atoms in total. The summed E-state index contributed by atoms with van der Waals surface area (Å²) in [4.78, 5) is 15.4. The minimum Gasteiger partial charge on any atom is -0.486 e. The summed E-state index contributed by atoms with van der Waals surface area (Å²) in [6, 6.07) is 12.1. The van der Waals surface area contributed by atoms with Gasteiger partial charge in [-0.1, -0.05) is 23.8 Å². The number of nitrogens with zero attached hydrogens (tertiary/aromatic N) is 1. The first-order valence-corrected chi connectivity index (χ1v) is 9.67. The molecule has 0 radical (unpaired) electrons. The van der Waals surface area contributed by atoms with E-state index >= 15 is 0 Å². The Bertz CT molecular complexity index is 910. The van der Waals surface area contributed by atoms with Gasteiger partial charge in [-0.25, -0.2) is 0 Å². The molecule has 2 fully saturated rings. The molecule has 3 aliphatic rings. The van der Waals surface area contributed by atoms with Crippen molar-refractivity contribution in [2.45, 2.75) is 19.4 Å². The van der Waals surface area contributed by atoms with E-state index in [1.807, 2.05) is 42.2 Å². The lowest BCUT2D eigenvalue weighted by Crippen LogP contribution is -2.43. The van der Waals surface area contributed by atoms with Crippen LogP contribution in [0.25, 0.3) is 11.1 Å². The Labute approximate surface area is 159 Å². The fraction of sp³-hybridized carbons (Fsp3) is 0.409. The third-order valence-electron chi connectivity index (χ3n) is 6.06. The number of piperidine rings is 1. The molecule has 140 valence electrons. The van der Waals surface area contributed by atoms with Crippen molar-refractivity contribution in [3.05, 3.63) is 47.5 Å². The second-order valence-corrected chi connectivity index (χ2v) is 7.83. The van der Waals surface area contributed by atoms with Crippen LogP contribution in [0.15, 0.2) is 36.4 Å². The first-order chi connectivity index (χ1) is 13.2. The fourth-order valence-electron chi connectivity index (χ4n) is 4.56. The number of hydrogen-bond donors (Lipinski definition) is 1. The minimum absolute atomic E-state index is 0.0857. The van der Waals surface area contributed by atoms with E-state index in [-0.39, 0.29) is 11.9 Å². The molecule has 2 N–H and O–H groups in total. The van der Waals surface area contributed by atoms with Crippen molar-refractivity contribution in [2.75, 3.05) is 26.3 Å². The van der Waals surface area contributed by atoms with Crippen molar-refractivity contribution < 1.29 is 14.3 Å². The molecule has 2 aromatic rings. The number of hydrogen-bond acceptors (Lipinski definition) is 4. The van der Waals surface area contributed by atoms with Gasteiger partial charge in [-0.3, -0.25) is 4.79 Å². The topological polar surface area (TPSA) is 64.8 Å². The molecule has 2 aromatic carbocycles. The summed E-state index contributed by atoms with van der Waals surface area (Å²) in [6.07, 6.45) is 1.22. The standard InChI is InChI=1S/C22H24N2O3/c1-13-2-4-16(22(25)24-12-15-9-18(15)19(24)11-23)17(8-13)14-3-5-20-21(10-14)27-7-6-26-20/h2-5,8,10,15,18-19H,6-7,9,11-12,23H2,1H3/t15-,18-,19-/m1/s1. The Morgan fingerprint density at radius 3 is 2.78 bits per heavy atom. The summed E-state index contributed by atoms with van der Waals surface area (Å²) in [5.74, 6) is 2.82. The number of benzene rings is 2. The fourth-order valence-corrected chi connectivity index (χ4v) is 4.56. The Hall–Kier alpha value is -2.53. The Morgan fingerprint density at radius 1 is 1.15 bits per heavy atom. The van der Waals surface area contributed by atoms with Crippen molar-refractivity contribution in [3.8, 4) is 22.6 Å². The number of fused-ring (bicyclic) bond motifs is 2. The van der Waals surface area contributed by atoms with Crippen LogP contribution < -0.4 is 15.2 Å². The van der Waals surface area contributed by atoms with Crippen LogP contribution in [-0.4, -0.2) is 43.2 Å².